The van der Waals surface area contributed by atoms with Gasteiger partial charge in [-0.1, -0.05) is 12.2 Å². The van der Waals surface area contributed by atoms with Crippen LogP contribution in [0.5, 0.6) is 0 Å². The van der Waals surface area contributed by atoms with Crippen LogP contribution in [0.25, 0.3) is 0 Å². The van der Waals surface area contributed by atoms with Crippen molar-refractivity contribution >= 4 is 5.97 Å². The molecule has 0 unspecified atom stereocenters. The second kappa shape index (κ2) is 5.65. The SMILES string of the molecule is C/C=C/C=C(\F)C(=O)OCC. The van der Waals surface area contributed by atoms with Crippen LogP contribution in [-0.2, 0) is 9.53 Å². The van der Waals surface area contributed by atoms with E-state index in [0.29, 0.717) is 0 Å². The fourth-order valence-corrected chi connectivity index (χ4v) is 0.449. The van der Waals surface area contributed by atoms with E-state index in [0.717, 1.165) is 6.08 Å². The highest BCUT2D eigenvalue weighted by molar-refractivity contribution is 5.86. The van der Waals surface area contributed by atoms with Gasteiger partial charge >= 0.3 is 5.97 Å². The highest BCUT2D eigenvalue weighted by atomic mass is 19.1. The van der Waals surface area contributed by atoms with Crippen LogP contribution in [0, 0.1) is 0 Å². The summed E-state index contributed by atoms with van der Waals surface area (Å²) in [5.41, 5.74) is 0. The molecule has 0 saturated carbocycles. The lowest BCUT2D eigenvalue weighted by molar-refractivity contribution is -0.140. The molecule has 0 aliphatic heterocycles. The first kappa shape index (κ1) is 9.88. The van der Waals surface area contributed by atoms with E-state index in [-0.39, 0.29) is 6.61 Å². The number of carbonyl (C=O) groups excluding carboxylic acids is 1. The standard InChI is InChI=1S/C8H11FO2/c1-3-5-6-7(9)8(10)11-4-2/h3,5-6H,4H2,1-2H3/b5-3+,7-6-. The van der Waals surface area contributed by atoms with Gasteiger partial charge in [-0.25, -0.2) is 4.79 Å². The van der Waals surface area contributed by atoms with Crippen LogP contribution in [0.2, 0.25) is 0 Å². The Bertz CT molecular complexity index is 183. The molecule has 0 radical (unpaired) electrons. The van der Waals surface area contributed by atoms with Gasteiger partial charge in [0.1, 0.15) is 0 Å². The lowest BCUT2D eigenvalue weighted by Gasteiger charge is -1.95. The van der Waals surface area contributed by atoms with Gasteiger partial charge in [-0.2, -0.15) is 4.39 Å². The summed E-state index contributed by atoms with van der Waals surface area (Å²) in [6.07, 6.45) is 4.13. The number of halogens is 1. The second-order valence-corrected chi connectivity index (χ2v) is 1.76. The van der Waals surface area contributed by atoms with Crippen LogP contribution in [0.3, 0.4) is 0 Å². The lowest BCUT2D eigenvalue weighted by Crippen LogP contribution is -2.03. The van der Waals surface area contributed by atoms with Crippen LogP contribution in [0.4, 0.5) is 4.39 Å². The normalized spacial score (nSPS) is 12.1. The molecule has 0 aliphatic rings. The van der Waals surface area contributed by atoms with Crippen molar-refractivity contribution < 1.29 is 13.9 Å². The summed E-state index contributed by atoms with van der Waals surface area (Å²) < 4.78 is 16.9. The number of hydrogen-bond acceptors (Lipinski definition) is 2. The predicted octanol–water partition coefficient (Wildman–Crippen LogP) is 1.98. The van der Waals surface area contributed by atoms with Gasteiger partial charge in [0.25, 0.3) is 0 Å². The number of carbonyl (C=O) groups is 1. The summed E-state index contributed by atoms with van der Waals surface area (Å²) in [4.78, 5) is 10.5. The fourth-order valence-electron chi connectivity index (χ4n) is 0.449. The molecule has 0 heterocycles. The van der Waals surface area contributed by atoms with Crippen LogP contribution in [-0.4, -0.2) is 12.6 Å². The Kier molecular flexibility index (Phi) is 5.07. The Morgan fingerprint density at radius 2 is 2.27 bits per heavy atom. The Balaban J connectivity index is 4.00. The van der Waals surface area contributed by atoms with Crippen molar-refractivity contribution in [2.24, 2.45) is 0 Å². The third-order valence-electron chi connectivity index (χ3n) is 0.905. The topological polar surface area (TPSA) is 26.3 Å². The first-order valence-electron chi connectivity index (χ1n) is 3.38. The molecule has 0 amide bonds. The van der Waals surface area contributed by atoms with Gasteiger partial charge in [0.2, 0.25) is 5.83 Å². The average Bonchev–Trinajstić information content (AvgIpc) is 2.00. The lowest BCUT2D eigenvalue weighted by atomic mass is 10.4. The molecule has 0 fully saturated rings. The molecule has 0 aromatic carbocycles. The molecule has 0 atom stereocenters. The summed E-state index contributed by atoms with van der Waals surface area (Å²) in [5, 5.41) is 0. The fraction of sp³-hybridized carbons (Fsp3) is 0.375. The van der Waals surface area contributed by atoms with E-state index in [9.17, 15) is 9.18 Å². The summed E-state index contributed by atoms with van der Waals surface area (Å²) in [5.74, 6) is -1.78. The molecular formula is C8H11FO2. The van der Waals surface area contributed by atoms with Crippen LogP contribution >= 0.6 is 0 Å². The molecular weight excluding hydrogens is 147 g/mol. The first-order chi connectivity index (χ1) is 5.22. The van der Waals surface area contributed by atoms with Gasteiger partial charge in [0.15, 0.2) is 0 Å². The first-order valence-corrected chi connectivity index (χ1v) is 3.38. The number of hydrogen-bond donors (Lipinski definition) is 0. The smallest absolute Gasteiger partial charge is 0.367 e. The third kappa shape index (κ3) is 4.31. The maximum Gasteiger partial charge on any atom is 0.367 e. The molecule has 11 heavy (non-hydrogen) atoms. The summed E-state index contributed by atoms with van der Waals surface area (Å²) in [7, 11) is 0. The Morgan fingerprint density at radius 1 is 1.64 bits per heavy atom. The van der Waals surface area contributed by atoms with Gasteiger partial charge in [-0.05, 0) is 19.9 Å². The molecule has 0 aromatic rings. The Morgan fingerprint density at radius 3 is 2.73 bits per heavy atom. The van der Waals surface area contributed by atoms with E-state index in [4.69, 9.17) is 0 Å². The van der Waals surface area contributed by atoms with E-state index in [1.165, 1.54) is 6.08 Å². The molecule has 0 spiro atoms. The monoisotopic (exact) mass is 158 g/mol. The van der Waals surface area contributed by atoms with Gasteiger partial charge in [0.05, 0.1) is 6.61 Å². The Hall–Kier alpha value is -1.12. The molecule has 0 bridgehead atoms. The van der Waals surface area contributed by atoms with E-state index in [1.807, 2.05) is 0 Å². The largest absolute Gasteiger partial charge is 0.461 e. The van der Waals surface area contributed by atoms with E-state index in [2.05, 4.69) is 4.74 Å². The molecule has 62 valence electrons. The van der Waals surface area contributed by atoms with Gasteiger partial charge in [0, 0.05) is 0 Å². The number of rotatable bonds is 3. The molecule has 0 aliphatic carbocycles. The van der Waals surface area contributed by atoms with E-state index in [1.54, 1.807) is 19.9 Å². The molecule has 0 N–H and O–H groups in total. The van der Waals surface area contributed by atoms with Crippen LogP contribution in [0.1, 0.15) is 13.8 Å². The third-order valence-corrected chi connectivity index (χ3v) is 0.905. The second-order valence-electron chi connectivity index (χ2n) is 1.76. The van der Waals surface area contributed by atoms with Crippen molar-refractivity contribution in [2.45, 2.75) is 13.8 Å². The van der Waals surface area contributed by atoms with Crippen molar-refractivity contribution in [1.82, 2.24) is 0 Å². The van der Waals surface area contributed by atoms with Gasteiger partial charge < -0.3 is 4.74 Å². The maximum atomic E-state index is 12.5. The number of esters is 1. The minimum Gasteiger partial charge on any atom is -0.461 e. The van der Waals surface area contributed by atoms with Crippen molar-refractivity contribution in [3.8, 4) is 0 Å². The van der Waals surface area contributed by atoms with Crippen molar-refractivity contribution in [3.05, 3.63) is 24.1 Å². The maximum absolute atomic E-state index is 12.5. The molecule has 0 aromatic heterocycles. The average molecular weight is 158 g/mol. The molecule has 3 heteroatoms. The van der Waals surface area contributed by atoms with E-state index < -0.39 is 11.8 Å². The van der Waals surface area contributed by atoms with Gasteiger partial charge in [-0.3, -0.25) is 0 Å². The number of allylic oxidation sites excluding steroid dienone is 3. The number of ether oxygens (including phenoxy) is 1. The zero-order valence-electron chi connectivity index (χ0n) is 6.63. The van der Waals surface area contributed by atoms with Crippen molar-refractivity contribution in [2.75, 3.05) is 6.61 Å². The highest BCUT2D eigenvalue weighted by Crippen LogP contribution is 1.99. The predicted molar refractivity (Wildman–Crippen MR) is 40.6 cm³/mol. The molecule has 0 saturated heterocycles. The van der Waals surface area contributed by atoms with Crippen LogP contribution in [0.15, 0.2) is 24.1 Å². The van der Waals surface area contributed by atoms with E-state index >= 15 is 0 Å². The quantitative estimate of drug-likeness (QED) is 0.356. The van der Waals surface area contributed by atoms with Crippen molar-refractivity contribution in [1.29, 1.82) is 0 Å². The van der Waals surface area contributed by atoms with Crippen LogP contribution < -0.4 is 0 Å². The Labute approximate surface area is 65.4 Å². The zero-order chi connectivity index (χ0) is 8.69. The summed E-state index contributed by atoms with van der Waals surface area (Å²) in [6, 6.07) is 0. The highest BCUT2D eigenvalue weighted by Gasteiger charge is 2.06. The summed E-state index contributed by atoms with van der Waals surface area (Å²) in [6.45, 7) is 3.55. The van der Waals surface area contributed by atoms with Crippen molar-refractivity contribution in [3.63, 3.8) is 0 Å². The zero-order valence-corrected chi connectivity index (χ0v) is 6.63. The minimum absolute atomic E-state index is 0.190. The summed E-state index contributed by atoms with van der Waals surface area (Å²) >= 11 is 0. The molecule has 2 nitrogen and oxygen atoms in total. The minimum atomic E-state index is -0.911. The van der Waals surface area contributed by atoms with Gasteiger partial charge in [-0.15, -0.1) is 0 Å². The molecule has 0 rings (SSSR count).